The van der Waals surface area contributed by atoms with Gasteiger partial charge in [0.1, 0.15) is 73.6 Å². The second-order valence-corrected chi connectivity index (χ2v) is 26.0. The molecule has 8 N–H and O–H groups in total. The number of carboxylic acid groups (broad SMARTS) is 3. The number of phenols is 1. The second-order valence-electron chi connectivity index (χ2n) is 26.0. The number of phenolic OH excluding ortho intramolecular Hbond substituents is 1. The van der Waals surface area contributed by atoms with E-state index in [0.29, 0.717) is 144 Å². The van der Waals surface area contributed by atoms with E-state index in [1.807, 2.05) is 48.5 Å². The number of nitro groups is 4. The Balaban J connectivity index is 0.000000141. The third kappa shape index (κ3) is 14.6. The molecule has 2 unspecified atom stereocenters. The molecule has 34 nitrogen and oxygen atoms in total. The zero-order valence-electron chi connectivity index (χ0n) is 58.1. The SMILES string of the molecule is NC(CCC(=O)N1CCc2c1c([N+](=O)[O-])cc1c2oc2ccc(CC(=O)O)cc21)C(=O)O.NC(Cc1ccc(O)cc1)C(=O)N1CCc2c1c([N+](=O)[O-])cc1oc3ccc(OCC(=O)O)cc3c21.O=[C-]N1CCc2c1c([N+](=O)[O-])cc1c2oc2ccccc21.O=[C-]N1CCc2c1c([N+](=O)[O-])cc1oc3ccccc3c21.[V].[V]. The molecule has 8 heterocycles. The number of carbonyl (C=O) groups is 5. The zero-order valence-corrected chi connectivity index (χ0v) is 60.9. The summed E-state index contributed by atoms with van der Waals surface area (Å²) in [4.78, 5) is 130. The van der Waals surface area contributed by atoms with Gasteiger partial charge in [-0.25, -0.2) is 4.79 Å². The molecule has 568 valence electrons. The molecule has 0 spiro atoms. The molecular weight excluding hydrogens is 1540 g/mol. The Morgan fingerprint density at radius 2 is 0.946 bits per heavy atom. The molecule has 0 fully saturated rings. The first-order chi connectivity index (χ1) is 52.8. The number of nitro benzene ring substituents is 4. The molecule has 36 heteroatoms. The minimum Gasteiger partial charge on any atom is -0.508 e. The molecule has 0 aliphatic carbocycles. The summed E-state index contributed by atoms with van der Waals surface area (Å²) >= 11 is 0. The van der Waals surface area contributed by atoms with Gasteiger partial charge in [-0.1, -0.05) is 65.7 Å². The summed E-state index contributed by atoms with van der Waals surface area (Å²) in [5.74, 6) is -3.86. The fraction of sp³-hybridized carbons (Fsp3) is 0.197. The predicted molar refractivity (Wildman–Crippen MR) is 396 cm³/mol. The van der Waals surface area contributed by atoms with E-state index in [1.54, 1.807) is 61.4 Å². The minimum absolute atomic E-state index is 0. The van der Waals surface area contributed by atoms with Crippen molar-refractivity contribution in [3.8, 4) is 11.5 Å². The van der Waals surface area contributed by atoms with Crippen LogP contribution in [0, 0.1) is 40.5 Å². The first-order valence-corrected chi connectivity index (χ1v) is 33.9. The van der Waals surface area contributed by atoms with Gasteiger partial charge in [0.05, 0.1) is 41.2 Å². The van der Waals surface area contributed by atoms with Crippen LogP contribution in [0.15, 0.2) is 151 Å². The van der Waals surface area contributed by atoms with Crippen LogP contribution in [0.4, 0.5) is 45.5 Å². The minimum atomic E-state index is -1.23. The number of aromatic hydroxyl groups is 1. The number of nitrogens with two attached hydrogens (primary N) is 2. The van der Waals surface area contributed by atoms with Crippen LogP contribution in [-0.4, -0.2) is 128 Å². The molecule has 4 aliphatic rings. The Hall–Kier alpha value is -13.2. The first-order valence-electron chi connectivity index (χ1n) is 33.9. The molecule has 13 aromatic rings. The third-order valence-electron chi connectivity index (χ3n) is 19.5. The van der Waals surface area contributed by atoms with Crippen LogP contribution in [0.1, 0.15) is 46.2 Å². The Morgan fingerprint density at radius 3 is 1.54 bits per heavy atom. The van der Waals surface area contributed by atoms with Crippen LogP contribution < -0.4 is 35.8 Å². The van der Waals surface area contributed by atoms with Crippen molar-refractivity contribution < 1.29 is 133 Å². The molecule has 17 rings (SSSR count). The summed E-state index contributed by atoms with van der Waals surface area (Å²) in [5.41, 5.74) is 19.8. The van der Waals surface area contributed by atoms with Crippen LogP contribution in [0.25, 0.3) is 87.8 Å². The molecule has 0 saturated heterocycles. The van der Waals surface area contributed by atoms with Crippen molar-refractivity contribution in [1.29, 1.82) is 0 Å². The second kappa shape index (κ2) is 31.8. The average Bonchev–Trinajstić information content (AvgIpc) is 1.59. The summed E-state index contributed by atoms with van der Waals surface area (Å²) in [6.45, 7) is 0.664. The fourth-order valence-corrected chi connectivity index (χ4v) is 14.8. The van der Waals surface area contributed by atoms with Crippen LogP contribution in [0.2, 0.25) is 0 Å². The van der Waals surface area contributed by atoms with Gasteiger partial charge in [-0.2, -0.15) is 0 Å². The topological polar surface area (TPSA) is 500 Å². The van der Waals surface area contributed by atoms with Crippen molar-refractivity contribution >= 4 is 176 Å². The monoisotopic (exact) mass is 1600 g/mol. The Labute approximate surface area is 651 Å². The number of para-hydroxylation sites is 2. The maximum atomic E-state index is 13.3. The quantitative estimate of drug-likeness (QED) is 0.0264. The standard InChI is InChI=1S/C25H21N3O8.C21H19N3O8.2C15H9N2O4.2V/c26-18(9-13-1-3-14(29)4-2-13)25(32)27-8-7-16-23-17-10-15(35-12-22(30)31)5-6-20(17)36-21(23)11-19(24(16)27)28(33)34;22-14(21(28)29)2-4-17(25)23-6-5-11-19(23)15(24(30)31)9-13-12-7-10(8-18(26)27)1-3-16(12)32-20(11)13;18-8-16-6-5-10-14-9-3-1-2-4-12(9)21-13(14)7-11(15(10)16)17(19)20;18-8-16-6-5-10-14(16)12(17(19)20)7-11-9-3-1-2-4-13(9)21-15(10)11;;/h1-6,10-11,18,29H,7-9,12,26H2,(H,30,31);1,3,7,9,14H,2,4-6,8,22H2,(H,26,27)(H,28,29);2*1-4,7H,5-6H2;;/q;;2*-1;;. The summed E-state index contributed by atoms with van der Waals surface area (Å²) in [5, 5.41) is 88.3. The van der Waals surface area contributed by atoms with E-state index in [9.17, 15) is 79.1 Å². The van der Waals surface area contributed by atoms with Gasteiger partial charge in [0.25, 0.3) is 11.4 Å². The normalized spacial score (nSPS) is 13.6. The molecule has 0 saturated carbocycles. The summed E-state index contributed by atoms with van der Waals surface area (Å²) in [6, 6.07) is 34.2. The molecule has 112 heavy (non-hydrogen) atoms. The molecule has 4 aliphatic heterocycles. The first kappa shape index (κ1) is 78.3. The number of fused-ring (bicyclic) bond motifs is 20. The van der Waals surface area contributed by atoms with E-state index in [-0.39, 0.29) is 121 Å². The van der Waals surface area contributed by atoms with Gasteiger partial charge in [0.2, 0.25) is 23.2 Å². The van der Waals surface area contributed by atoms with Gasteiger partial charge in [-0.05, 0) is 134 Å². The van der Waals surface area contributed by atoms with Gasteiger partial charge < -0.3 is 83.5 Å². The van der Waals surface area contributed by atoms with E-state index in [0.717, 1.165) is 27.3 Å². The average molecular weight is 1600 g/mol. The number of amides is 4. The van der Waals surface area contributed by atoms with Crippen molar-refractivity contribution in [3.63, 3.8) is 0 Å². The summed E-state index contributed by atoms with van der Waals surface area (Å²) in [7, 11) is 0. The van der Waals surface area contributed by atoms with Crippen molar-refractivity contribution in [2.45, 2.75) is 63.5 Å². The number of anilines is 4. The number of hydrogen-bond acceptors (Lipinski definition) is 23. The van der Waals surface area contributed by atoms with Crippen LogP contribution in [-0.2, 0) is 109 Å². The van der Waals surface area contributed by atoms with Crippen LogP contribution in [0.5, 0.6) is 11.5 Å². The number of ether oxygens (including phenoxy) is 1. The zero-order chi connectivity index (χ0) is 77.8. The summed E-state index contributed by atoms with van der Waals surface area (Å²) in [6.07, 6.45) is 5.02. The number of carboxylic acids is 3. The van der Waals surface area contributed by atoms with Gasteiger partial charge >= 0.3 is 17.9 Å². The van der Waals surface area contributed by atoms with E-state index < -0.39 is 68.1 Å². The van der Waals surface area contributed by atoms with E-state index in [2.05, 4.69) is 0 Å². The molecule has 0 bridgehead atoms. The smallest absolute Gasteiger partial charge is 0.341 e. The number of furan rings is 4. The molecule has 2 radical (unpaired) electrons. The molecular formula is C76H58N10O24V2-2. The maximum Gasteiger partial charge on any atom is 0.341 e. The summed E-state index contributed by atoms with van der Waals surface area (Å²) < 4.78 is 28.6. The number of benzene rings is 9. The molecule has 4 amide bonds. The van der Waals surface area contributed by atoms with Crippen molar-refractivity contribution in [3.05, 3.63) is 207 Å². The Kier molecular flexibility index (Phi) is 22.2. The number of carbonyl (C=O) groups excluding carboxylic acids is 4. The Bertz CT molecular complexity index is 6110. The molecule has 9 aromatic carbocycles. The molecule has 4 aromatic heterocycles. The van der Waals surface area contributed by atoms with Crippen LogP contribution in [0.3, 0.4) is 0 Å². The van der Waals surface area contributed by atoms with E-state index in [1.165, 1.54) is 56.0 Å². The van der Waals surface area contributed by atoms with Crippen molar-refractivity contribution in [2.75, 3.05) is 52.4 Å². The van der Waals surface area contributed by atoms with Gasteiger partial charge in [0.15, 0.2) is 6.61 Å². The van der Waals surface area contributed by atoms with Gasteiger partial charge in [-0.15, -0.1) is 0 Å². The van der Waals surface area contributed by atoms with Crippen molar-refractivity contribution in [1.82, 2.24) is 0 Å². The predicted octanol–water partition coefficient (Wildman–Crippen LogP) is 11.2. The van der Waals surface area contributed by atoms with Gasteiger partial charge in [-0.3, -0.25) is 59.6 Å². The number of aliphatic carboxylic acids is 3. The third-order valence-corrected chi connectivity index (χ3v) is 19.5. The van der Waals surface area contributed by atoms with Crippen molar-refractivity contribution in [2.24, 2.45) is 11.5 Å². The van der Waals surface area contributed by atoms with E-state index >= 15 is 0 Å². The molecule has 2 atom stereocenters. The Morgan fingerprint density at radius 1 is 0.482 bits per heavy atom. The number of hydrogen-bond donors (Lipinski definition) is 6. The largest absolute Gasteiger partial charge is 0.508 e. The van der Waals surface area contributed by atoms with Crippen LogP contribution >= 0.6 is 0 Å². The maximum absolute atomic E-state index is 13.3. The fourth-order valence-electron chi connectivity index (χ4n) is 14.8. The number of nitrogens with zero attached hydrogens (tertiary/aromatic N) is 8. The van der Waals surface area contributed by atoms with E-state index in [4.69, 9.17) is 49.2 Å². The number of rotatable bonds is 18. The van der Waals surface area contributed by atoms with Gasteiger partial charge in [0, 0.05) is 133 Å².